The Kier molecular flexibility index (Phi) is 4.76. The summed E-state index contributed by atoms with van der Waals surface area (Å²) in [5, 5.41) is 11.6. The summed E-state index contributed by atoms with van der Waals surface area (Å²) in [6, 6.07) is 12.5. The third-order valence-electron chi connectivity index (χ3n) is 4.15. The van der Waals surface area contributed by atoms with Gasteiger partial charge in [-0.25, -0.2) is 0 Å². The van der Waals surface area contributed by atoms with Crippen LogP contribution in [0.1, 0.15) is 51.7 Å². The predicted octanol–water partition coefficient (Wildman–Crippen LogP) is 5.30. The third-order valence-corrected chi connectivity index (χ3v) is 4.15. The first-order chi connectivity index (χ1) is 10.3. The van der Waals surface area contributed by atoms with Crippen LogP contribution in [0.15, 0.2) is 30.3 Å². The number of nitrogens with two attached hydrogens (primary N) is 1. The van der Waals surface area contributed by atoms with Crippen molar-refractivity contribution >= 4 is 16.5 Å². The summed E-state index contributed by atoms with van der Waals surface area (Å²) < 4.78 is 0. The molecule has 0 aliphatic heterocycles. The lowest BCUT2D eigenvalue weighted by Gasteiger charge is -2.23. The number of rotatable bonds is 4. The second-order valence-corrected chi connectivity index (χ2v) is 7.57. The monoisotopic (exact) mass is 294 g/mol. The molecule has 2 heteroatoms. The standard InChI is InChI=1S/C20H26N2/c1-14(12-20(2,3)4)9-10-16-11-15-7-5-6-8-17(15)19(22)18(16)13-21/h5-8,11,14H,9-10,12,22H2,1-4H3. The summed E-state index contributed by atoms with van der Waals surface area (Å²) >= 11 is 0. The zero-order valence-electron chi connectivity index (χ0n) is 14.1. The summed E-state index contributed by atoms with van der Waals surface area (Å²) in [6.07, 6.45) is 3.19. The number of benzene rings is 2. The first-order valence-corrected chi connectivity index (χ1v) is 8.02. The van der Waals surface area contributed by atoms with Crippen molar-refractivity contribution in [2.75, 3.05) is 5.73 Å². The molecule has 0 aliphatic rings. The molecule has 2 aromatic rings. The molecule has 0 fully saturated rings. The van der Waals surface area contributed by atoms with Crippen LogP contribution in [0.5, 0.6) is 0 Å². The fraction of sp³-hybridized carbons (Fsp3) is 0.450. The van der Waals surface area contributed by atoms with Crippen molar-refractivity contribution < 1.29 is 0 Å². The summed E-state index contributed by atoms with van der Waals surface area (Å²) in [7, 11) is 0. The van der Waals surface area contributed by atoms with E-state index in [1.54, 1.807) is 0 Å². The zero-order valence-corrected chi connectivity index (χ0v) is 14.1. The van der Waals surface area contributed by atoms with Crippen molar-refractivity contribution in [3.63, 3.8) is 0 Å². The van der Waals surface area contributed by atoms with Crippen LogP contribution in [0, 0.1) is 22.7 Å². The highest BCUT2D eigenvalue weighted by molar-refractivity contribution is 5.96. The molecule has 0 heterocycles. The smallest absolute Gasteiger partial charge is 0.102 e. The van der Waals surface area contributed by atoms with Gasteiger partial charge in [-0.15, -0.1) is 0 Å². The van der Waals surface area contributed by atoms with Crippen molar-refractivity contribution in [1.82, 2.24) is 0 Å². The largest absolute Gasteiger partial charge is 0.397 e. The van der Waals surface area contributed by atoms with Crippen molar-refractivity contribution in [3.05, 3.63) is 41.5 Å². The fourth-order valence-corrected chi connectivity index (χ4v) is 3.31. The van der Waals surface area contributed by atoms with E-state index < -0.39 is 0 Å². The maximum absolute atomic E-state index is 9.48. The van der Waals surface area contributed by atoms with Crippen LogP contribution in [-0.4, -0.2) is 0 Å². The number of hydrogen-bond acceptors (Lipinski definition) is 2. The maximum atomic E-state index is 9.48. The van der Waals surface area contributed by atoms with E-state index in [-0.39, 0.29) is 0 Å². The topological polar surface area (TPSA) is 49.8 Å². The second-order valence-electron chi connectivity index (χ2n) is 7.57. The molecule has 0 spiro atoms. The molecule has 0 radical (unpaired) electrons. The molecule has 22 heavy (non-hydrogen) atoms. The number of fused-ring (bicyclic) bond motifs is 1. The first kappa shape index (κ1) is 16.4. The van der Waals surface area contributed by atoms with Crippen molar-refractivity contribution in [3.8, 4) is 6.07 Å². The molecule has 0 saturated carbocycles. The van der Waals surface area contributed by atoms with Crippen LogP contribution >= 0.6 is 0 Å². The van der Waals surface area contributed by atoms with Gasteiger partial charge < -0.3 is 5.73 Å². The molecule has 2 nitrogen and oxygen atoms in total. The highest BCUT2D eigenvalue weighted by Gasteiger charge is 2.17. The summed E-state index contributed by atoms with van der Waals surface area (Å²) in [5.41, 5.74) is 8.92. The van der Waals surface area contributed by atoms with E-state index in [0.717, 1.165) is 29.2 Å². The fourth-order valence-electron chi connectivity index (χ4n) is 3.31. The van der Waals surface area contributed by atoms with Crippen LogP contribution in [-0.2, 0) is 6.42 Å². The highest BCUT2D eigenvalue weighted by atomic mass is 14.6. The Bertz CT molecular complexity index is 702. The average molecular weight is 294 g/mol. The van der Waals surface area contributed by atoms with Crippen molar-refractivity contribution in [2.24, 2.45) is 11.3 Å². The molecule has 2 N–H and O–H groups in total. The normalized spacial score (nSPS) is 13.0. The van der Waals surface area contributed by atoms with Gasteiger partial charge in [0.25, 0.3) is 0 Å². The lowest BCUT2D eigenvalue weighted by atomic mass is 9.82. The Balaban J connectivity index is 2.26. The second kappa shape index (κ2) is 6.40. The minimum absolute atomic E-state index is 0.347. The zero-order chi connectivity index (χ0) is 16.3. The average Bonchev–Trinajstić information content (AvgIpc) is 2.43. The number of nitrogen functional groups attached to an aromatic ring is 1. The Hall–Kier alpha value is -2.01. The Morgan fingerprint density at radius 3 is 2.55 bits per heavy atom. The number of anilines is 1. The first-order valence-electron chi connectivity index (χ1n) is 8.02. The molecule has 2 rings (SSSR count). The summed E-state index contributed by atoms with van der Waals surface area (Å²) in [6.45, 7) is 9.12. The van der Waals surface area contributed by atoms with E-state index in [9.17, 15) is 5.26 Å². The summed E-state index contributed by atoms with van der Waals surface area (Å²) in [4.78, 5) is 0. The van der Waals surface area contributed by atoms with Gasteiger partial charge in [-0.3, -0.25) is 0 Å². The lowest BCUT2D eigenvalue weighted by Crippen LogP contribution is -2.12. The molecule has 0 bridgehead atoms. The van der Waals surface area contributed by atoms with Gasteiger partial charge in [-0.05, 0) is 47.6 Å². The highest BCUT2D eigenvalue weighted by Crippen LogP contribution is 2.31. The van der Waals surface area contributed by atoms with Gasteiger partial charge in [0.1, 0.15) is 6.07 Å². The van der Waals surface area contributed by atoms with Gasteiger partial charge >= 0.3 is 0 Å². The van der Waals surface area contributed by atoms with Gasteiger partial charge in [0.2, 0.25) is 0 Å². The van der Waals surface area contributed by atoms with Gasteiger partial charge in [-0.1, -0.05) is 52.0 Å². The van der Waals surface area contributed by atoms with Crippen LogP contribution in [0.2, 0.25) is 0 Å². The van der Waals surface area contributed by atoms with Gasteiger partial charge in [0, 0.05) is 5.39 Å². The maximum Gasteiger partial charge on any atom is 0.102 e. The summed E-state index contributed by atoms with van der Waals surface area (Å²) in [5.74, 6) is 0.638. The van der Waals surface area contributed by atoms with E-state index in [2.05, 4.69) is 45.9 Å². The van der Waals surface area contributed by atoms with Crippen LogP contribution < -0.4 is 5.73 Å². The van der Waals surface area contributed by atoms with E-state index in [4.69, 9.17) is 5.73 Å². The quantitative estimate of drug-likeness (QED) is 0.778. The van der Waals surface area contributed by atoms with Crippen LogP contribution in [0.25, 0.3) is 10.8 Å². The number of hydrogen-bond donors (Lipinski definition) is 1. The number of nitriles is 1. The molecule has 116 valence electrons. The van der Waals surface area contributed by atoms with E-state index >= 15 is 0 Å². The molecule has 0 saturated heterocycles. The lowest BCUT2D eigenvalue weighted by molar-refractivity contribution is 0.297. The minimum atomic E-state index is 0.347. The van der Waals surface area contributed by atoms with Crippen LogP contribution in [0.3, 0.4) is 0 Å². The molecular weight excluding hydrogens is 268 g/mol. The molecule has 1 atom stereocenters. The van der Waals surface area contributed by atoms with Gasteiger partial charge in [0.15, 0.2) is 0 Å². The third kappa shape index (κ3) is 3.80. The van der Waals surface area contributed by atoms with Crippen LogP contribution in [0.4, 0.5) is 5.69 Å². The predicted molar refractivity (Wildman–Crippen MR) is 94.6 cm³/mol. The molecular formula is C20H26N2. The van der Waals surface area contributed by atoms with E-state index in [0.29, 0.717) is 22.6 Å². The molecule has 1 unspecified atom stereocenters. The van der Waals surface area contributed by atoms with Gasteiger partial charge in [0.05, 0.1) is 11.3 Å². The van der Waals surface area contributed by atoms with E-state index in [1.165, 1.54) is 6.42 Å². The SMILES string of the molecule is CC(CCc1cc2ccccc2c(N)c1C#N)CC(C)(C)C. The van der Waals surface area contributed by atoms with Gasteiger partial charge in [-0.2, -0.15) is 5.26 Å². The minimum Gasteiger partial charge on any atom is -0.397 e. The molecule has 0 aliphatic carbocycles. The Labute approximate surface area is 133 Å². The van der Waals surface area contributed by atoms with Crippen molar-refractivity contribution in [1.29, 1.82) is 5.26 Å². The van der Waals surface area contributed by atoms with Crippen molar-refractivity contribution in [2.45, 2.75) is 47.0 Å². The number of nitrogens with zero attached hydrogens (tertiary/aromatic N) is 1. The Morgan fingerprint density at radius 2 is 1.91 bits per heavy atom. The molecule has 2 aromatic carbocycles. The number of aryl methyl sites for hydroxylation is 1. The molecule has 0 amide bonds. The Morgan fingerprint density at radius 1 is 1.23 bits per heavy atom. The van der Waals surface area contributed by atoms with E-state index in [1.807, 2.05) is 18.2 Å². The molecule has 0 aromatic heterocycles.